The van der Waals surface area contributed by atoms with Gasteiger partial charge in [-0.15, -0.1) is 0 Å². The van der Waals surface area contributed by atoms with Crippen molar-refractivity contribution < 1.29 is 13.6 Å². The highest BCUT2D eigenvalue weighted by atomic mass is 19.1. The molecule has 2 aromatic rings. The van der Waals surface area contributed by atoms with E-state index in [1.807, 2.05) is 6.92 Å². The average molecular weight is 321 g/mol. The summed E-state index contributed by atoms with van der Waals surface area (Å²) in [4.78, 5) is 17.7. The Hall–Kier alpha value is -2.51. The Bertz CT molecular complexity index is 704. The van der Waals surface area contributed by atoms with Crippen molar-refractivity contribution in [2.75, 3.05) is 6.54 Å². The van der Waals surface area contributed by atoms with Gasteiger partial charge in [0, 0.05) is 25.2 Å². The molecule has 1 aromatic heterocycles. The highest BCUT2D eigenvalue weighted by Gasteiger charge is 2.24. The van der Waals surface area contributed by atoms with Gasteiger partial charge in [-0.3, -0.25) is 4.68 Å². The molecule has 1 N–H and O–H groups in total. The van der Waals surface area contributed by atoms with Gasteiger partial charge in [0.05, 0.1) is 6.54 Å². The van der Waals surface area contributed by atoms with Crippen LogP contribution in [0.5, 0.6) is 0 Å². The number of nitrogens with one attached hydrogen (secondary N) is 1. The fourth-order valence-electron chi connectivity index (χ4n) is 2.74. The molecule has 0 fully saturated rings. The SMILES string of the molecule is CC(Cn1cncn1)NC(=O)N1CCc2c(F)cc(F)cc2C1. The summed E-state index contributed by atoms with van der Waals surface area (Å²) in [5, 5.41) is 6.84. The first-order valence-electron chi connectivity index (χ1n) is 7.37. The molecule has 1 unspecified atom stereocenters. The van der Waals surface area contributed by atoms with Crippen molar-refractivity contribution in [3.05, 3.63) is 47.5 Å². The van der Waals surface area contributed by atoms with Gasteiger partial charge in [-0.2, -0.15) is 5.10 Å². The molecule has 0 aliphatic carbocycles. The smallest absolute Gasteiger partial charge is 0.317 e. The van der Waals surface area contributed by atoms with Crippen molar-refractivity contribution in [2.45, 2.75) is 32.5 Å². The topological polar surface area (TPSA) is 63.1 Å². The van der Waals surface area contributed by atoms with Crippen LogP contribution in [-0.2, 0) is 19.5 Å². The predicted molar refractivity (Wildman–Crippen MR) is 78.5 cm³/mol. The molecule has 1 aliphatic rings. The van der Waals surface area contributed by atoms with Crippen LogP contribution in [0.3, 0.4) is 0 Å². The molecule has 8 heteroatoms. The van der Waals surface area contributed by atoms with E-state index in [1.165, 1.54) is 12.4 Å². The molecular weight excluding hydrogens is 304 g/mol. The number of hydrogen-bond donors (Lipinski definition) is 1. The highest BCUT2D eigenvalue weighted by molar-refractivity contribution is 5.74. The third-order valence-electron chi connectivity index (χ3n) is 3.83. The lowest BCUT2D eigenvalue weighted by molar-refractivity contribution is 0.187. The Kier molecular flexibility index (Phi) is 4.22. The lowest BCUT2D eigenvalue weighted by Gasteiger charge is -2.30. The molecule has 122 valence electrons. The van der Waals surface area contributed by atoms with Crippen LogP contribution in [0.4, 0.5) is 13.6 Å². The summed E-state index contributed by atoms with van der Waals surface area (Å²) in [6.07, 6.45) is 3.39. The van der Waals surface area contributed by atoms with Gasteiger partial charge in [-0.1, -0.05) is 0 Å². The second-order valence-corrected chi connectivity index (χ2v) is 5.66. The Balaban J connectivity index is 1.62. The standard InChI is InChI=1S/C15H17F2N5O/c1-10(6-22-9-18-8-19-22)20-15(23)21-3-2-13-11(7-21)4-12(16)5-14(13)17/h4-5,8-10H,2-3,6-7H2,1H3,(H,20,23). The van der Waals surface area contributed by atoms with Gasteiger partial charge in [0.1, 0.15) is 24.3 Å². The van der Waals surface area contributed by atoms with E-state index in [-0.39, 0.29) is 18.6 Å². The number of urea groups is 1. The fraction of sp³-hybridized carbons (Fsp3) is 0.400. The summed E-state index contributed by atoms with van der Waals surface area (Å²) < 4.78 is 28.7. The van der Waals surface area contributed by atoms with Gasteiger partial charge in [0.15, 0.2) is 0 Å². The number of benzene rings is 1. The maximum absolute atomic E-state index is 13.7. The fourth-order valence-corrected chi connectivity index (χ4v) is 2.74. The number of amides is 2. The molecule has 0 radical (unpaired) electrons. The summed E-state index contributed by atoms with van der Waals surface area (Å²) in [5.41, 5.74) is 1.01. The molecule has 2 amide bonds. The normalized spacial score (nSPS) is 15.2. The Morgan fingerprint density at radius 3 is 3.00 bits per heavy atom. The van der Waals surface area contributed by atoms with Crippen molar-refractivity contribution in [2.24, 2.45) is 0 Å². The first-order valence-corrected chi connectivity index (χ1v) is 7.37. The van der Waals surface area contributed by atoms with E-state index in [4.69, 9.17) is 0 Å². The van der Waals surface area contributed by atoms with Gasteiger partial charge >= 0.3 is 6.03 Å². The zero-order valence-electron chi connectivity index (χ0n) is 12.7. The number of nitrogens with zero attached hydrogens (tertiary/aromatic N) is 4. The van der Waals surface area contributed by atoms with Crippen LogP contribution in [0, 0.1) is 11.6 Å². The summed E-state index contributed by atoms with van der Waals surface area (Å²) in [5.74, 6) is -1.16. The van der Waals surface area contributed by atoms with Crippen LogP contribution in [0.2, 0.25) is 0 Å². The molecule has 23 heavy (non-hydrogen) atoms. The van der Waals surface area contributed by atoms with Crippen molar-refractivity contribution in [1.29, 1.82) is 0 Å². The molecule has 1 atom stereocenters. The average Bonchev–Trinajstić information content (AvgIpc) is 2.99. The molecule has 0 spiro atoms. The van der Waals surface area contributed by atoms with Crippen molar-refractivity contribution >= 4 is 6.03 Å². The van der Waals surface area contributed by atoms with E-state index in [0.717, 1.165) is 6.07 Å². The largest absolute Gasteiger partial charge is 0.334 e. The Labute approximate surface area is 132 Å². The molecule has 0 saturated heterocycles. The molecule has 0 saturated carbocycles. The zero-order chi connectivity index (χ0) is 16.4. The minimum Gasteiger partial charge on any atom is -0.334 e. The number of fused-ring (bicyclic) bond motifs is 1. The third kappa shape index (κ3) is 3.46. The van der Waals surface area contributed by atoms with Crippen molar-refractivity contribution in [3.8, 4) is 0 Å². The molecule has 3 rings (SSSR count). The maximum atomic E-state index is 13.7. The molecule has 6 nitrogen and oxygen atoms in total. The Morgan fingerprint density at radius 1 is 1.43 bits per heavy atom. The molecule has 1 aromatic carbocycles. The van der Waals surface area contributed by atoms with E-state index in [1.54, 1.807) is 15.9 Å². The molecule has 0 bridgehead atoms. The van der Waals surface area contributed by atoms with Gasteiger partial charge in [0.25, 0.3) is 0 Å². The summed E-state index contributed by atoms with van der Waals surface area (Å²) >= 11 is 0. The lowest BCUT2D eigenvalue weighted by Crippen LogP contribution is -2.47. The molecular formula is C15H17F2N5O. The van der Waals surface area contributed by atoms with Crippen LogP contribution < -0.4 is 5.32 Å². The number of hydrogen-bond acceptors (Lipinski definition) is 3. The van der Waals surface area contributed by atoms with Crippen LogP contribution in [0.25, 0.3) is 0 Å². The van der Waals surface area contributed by atoms with Crippen molar-refractivity contribution in [3.63, 3.8) is 0 Å². The minimum absolute atomic E-state index is 0.144. The first kappa shape index (κ1) is 15.4. The van der Waals surface area contributed by atoms with Crippen molar-refractivity contribution in [1.82, 2.24) is 25.0 Å². The summed E-state index contributed by atoms with van der Waals surface area (Å²) in [6, 6.07) is 1.77. The second-order valence-electron chi connectivity index (χ2n) is 5.66. The monoisotopic (exact) mass is 321 g/mol. The Morgan fingerprint density at radius 2 is 2.26 bits per heavy atom. The van der Waals surface area contributed by atoms with Crippen LogP contribution in [0.1, 0.15) is 18.1 Å². The highest BCUT2D eigenvalue weighted by Crippen LogP contribution is 2.23. The van der Waals surface area contributed by atoms with E-state index in [9.17, 15) is 13.6 Å². The van der Waals surface area contributed by atoms with Crippen LogP contribution >= 0.6 is 0 Å². The zero-order valence-corrected chi connectivity index (χ0v) is 12.7. The predicted octanol–water partition coefficient (Wildman–Crippen LogP) is 1.71. The van der Waals surface area contributed by atoms with Gasteiger partial charge in [0.2, 0.25) is 0 Å². The van der Waals surface area contributed by atoms with Gasteiger partial charge in [-0.05, 0) is 30.5 Å². The number of rotatable bonds is 3. The van der Waals surface area contributed by atoms with E-state index in [2.05, 4.69) is 15.4 Å². The number of carbonyl (C=O) groups is 1. The molecule has 1 aliphatic heterocycles. The second kappa shape index (κ2) is 6.31. The lowest BCUT2D eigenvalue weighted by atomic mass is 9.99. The number of carbonyl (C=O) groups excluding carboxylic acids is 1. The first-order chi connectivity index (χ1) is 11.0. The van der Waals surface area contributed by atoms with Gasteiger partial charge in [-0.25, -0.2) is 18.6 Å². The quantitative estimate of drug-likeness (QED) is 0.936. The number of aromatic nitrogens is 3. The van der Waals surface area contributed by atoms with Gasteiger partial charge < -0.3 is 10.2 Å². The van der Waals surface area contributed by atoms with E-state index in [0.29, 0.717) is 30.6 Å². The molecule has 2 heterocycles. The third-order valence-corrected chi connectivity index (χ3v) is 3.83. The van der Waals surface area contributed by atoms with E-state index >= 15 is 0 Å². The maximum Gasteiger partial charge on any atom is 0.317 e. The number of halogens is 2. The minimum atomic E-state index is -0.622. The van der Waals surface area contributed by atoms with Crippen LogP contribution in [0.15, 0.2) is 24.8 Å². The van der Waals surface area contributed by atoms with Crippen LogP contribution in [-0.4, -0.2) is 38.3 Å². The summed E-state index contributed by atoms with van der Waals surface area (Å²) in [6.45, 7) is 2.96. The summed E-state index contributed by atoms with van der Waals surface area (Å²) in [7, 11) is 0. The van der Waals surface area contributed by atoms with E-state index < -0.39 is 11.6 Å².